The number of ether oxygens (including phenoxy) is 2. The van der Waals surface area contributed by atoms with Gasteiger partial charge in [-0.3, -0.25) is 14.5 Å². The number of benzene rings is 3. The lowest BCUT2D eigenvalue weighted by molar-refractivity contribution is -0.123. The summed E-state index contributed by atoms with van der Waals surface area (Å²) in [6, 6.07) is 16.8. The van der Waals surface area contributed by atoms with Crippen LogP contribution in [0.1, 0.15) is 21.5 Å². The Morgan fingerprint density at radius 3 is 2.40 bits per heavy atom. The van der Waals surface area contributed by atoms with Gasteiger partial charge in [0, 0.05) is 15.6 Å². The second kappa shape index (κ2) is 10.9. The molecule has 0 aromatic heterocycles. The van der Waals surface area contributed by atoms with Crippen LogP contribution in [0.25, 0.3) is 6.08 Å². The first-order valence-electron chi connectivity index (χ1n) is 10.1. The van der Waals surface area contributed by atoms with E-state index in [0.717, 1.165) is 16.7 Å². The number of carbonyl (C=O) groups excluding carboxylic acids is 3. The molecule has 1 fully saturated rings. The third kappa shape index (κ3) is 5.56. The molecule has 1 aliphatic rings. The molecule has 0 bridgehead atoms. The van der Waals surface area contributed by atoms with Crippen molar-refractivity contribution in [3.63, 3.8) is 0 Å². The molecular weight excluding hydrogens is 577 g/mol. The largest absolute Gasteiger partial charge is 0.493 e. The predicted molar refractivity (Wildman–Crippen MR) is 140 cm³/mol. The highest BCUT2D eigenvalue weighted by atomic mass is 79.9. The zero-order valence-electron chi connectivity index (χ0n) is 18.1. The Morgan fingerprint density at radius 1 is 1.06 bits per heavy atom. The minimum absolute atomic E-state index is 0.0398. The molecule has 10 heteroatoms. The fraction of sp³-hybridized carbons (Fsp3) is 0.0800. The average molecular weight is 593 g/mol. The molecule has 2 amide bonds. The third-order valence-electron chi connectivity index (χ3n) is 5.01. The number of imide groups is 1. The van der Waals surface area contributed by atoms with Gasteiger partial charge in [-0.25, -0.2) is 4.79 Å². The van der Waals surface area contributed by atoms with Crippen LogP contribution in [0.4, 0.5) is 4.79 Å². The van der Waals surface area contributed by atoms with Gasteiger partial charge in [-0.1, -0.05) is 47.5 Å². The van der Waals surface area contributed by atoms with Crippen LogP contribution in [0.15, 0.2) is 70.0 Å². The van der Waals surface area contributed by atoms with Crippen LogP contribution in [-0.4, -0.2) is 29.1 Å². The van der Waals surface area contributed by atoms with Gasteiger partial charge < -0.3 is 9.47 Å². The van der Waals surface area contributed by atoms with Crippen molar-refractivity contribution in [2.45, 2.75) is 6.54 Å². The van der Waals surface area contributed by atoms with E-state index in [9.17, 15) is 14.4 Å². The predicted octanol–water partition coefficient (Wildman–Crippen LogP) is 7.22. The van der Waals surface area contributed by atoms with E-state index >= 15 is 0 Å². The molecule has 3 aromatic rings. The molecule has 0 radical (unpaired) electrons. The number of hydrogen-bond donors (Lipinski definition) is 0. The Balaban J connectivity index is 1.58. The number of methoxy groups -OCH3 is 1. The molecule has 1 saturated heterocycles. The van der Waals surface area contributed by atoms with Crippen LogP contribution >= 0.6 is 50.9 Å². The number of thioether (sulfide) groups is 1. The molecule has 35 heavy (non-hydrogen) atoms. The van der Waals surface area contributed by atoms with Gasteiger partial charge in [-0.05, 0) is 75.7 Å². The third-order valence-corrected chi connectivity index (χ3v) is 7.21. The van der Waals surface area contributed by atoms with Crippen molar-refractivity contribution in [3.8, 4) is 11.5 Å². The van der Waals surface area contributed by atoms with E-state index in [1.54, 1.807) is 66.7 Å². The summed E-state index contributed by atoms with van der Waals surface area (Å²) < 4.78 is 11.4. The monoisotopic (exact) mass is 591 g/mol. The summed E-state index contributed by atoms with van der Waals surface area (Å²) >= 11 is 16.6. The number of halogens is 3. The molecule has 0 aliphatic carbocycles. The number of nitrogens with zero attached hydrogens (tertiary/aromatic N) is 1. The molecule has 0 N–H and O–H groups in total. The van der Waals surface area contributed by atoms with Crippen LogP contribution in [0.3, 0.4) is 0 Å². The lowest BCUT2D eigenvalue weighted by atomic mass is 10.1. The highest BCUT2D eigenvalue weighted by Gasteiger charge is 2.36. The Bertz CT molecular complexity index is 1340. The number of esters is 1. The first-order valence-corrected chi connectivity index (χ1v) is 12.5. The zero-order valence-corrected chi connectivity index (χ0v) is 22.0. The van der Waals surface area contributed by atoms with E-state index in [-0.39, 0.29) is 22.9 Å². The van der Waals surface area contributed by atoms with Crippen molar-refractivity contribution in [2.75, 3.05) is 7.11 Å². The van der Waals surface area contributed by atoms with Gasteiger partial charge >= 0.3 is 5.97 Å². The second-order valence-electron chi connectivity index (χ2n) is 7.26. The molecule has 1 aliphatic heterocycles. The van der Waals surface area contributed by atoms with Crippen molar-refractivity contribution in [1.29, 1.82) is 0 Å². The van der Waals surface area contributed by atoms with Crippen LogP contribution in [0.5, 0.6) is 11.5 Å². The normalized spacial score (nSPS) is 14.5. The van der Waals surface area contributed by atoms with E-state index in [4.69, 9.17) is 32.7 Å². The molecule has 6 nitrogen and oxygen atoms in total. The van der Waals surface area contributed by atoms with Crippen LogP contribution in [-0.2, 0) is 11.3 Å². The standard InChI is InChI=1S/C25H16BrCl2NO5S/c1-33-20-11-14(10-17(26)22(20)34-24(31)15-6-3-2-4-7-15)12-21-23(30)29(25(32)35-21)13-16-18(27)8-5-9-19(16)28/h2-12H,13H2,1H3/b21-12-. The number of rotatable bonds is 6. The minimum Gasteiger partial charge on any atom is -0.493 e. The summed E-state index contributed by atoms with van der Waals surface area (Å²) in [4.78, 5) is 39.3. The molecule has 0 unspecified atom stereocenters. The second-order valence-corrected chi connectivity index (χ2v) is 9.92. The van der Waals surface area contributed by atoms with Crippen LogP contribution < -0.4 is 9.47 Å². The minimum atomic E-state index is -0.545. The first kappa shape index (κ1) is 25.3. The van der Waals surface area contributed by atoms with Gasteiger partial charge in [0.05, 0.1) is 28.6 Å². The molecule has 0 spiro atoms. The lowest BCUT2D eigenvalue weighted by Gasteiger charge is -2.15. The quantitative estimate of drug-likeness (QED) is 0.171. The highest BCUT2D eigenvalue weighted by molar-refractivity contribution is 9.10. The summed E-state index contributed by atoms with van der Waals surface area (Å²) in [7, 11) is 1.44. The average Bonchev–Trinajstić information content (AvgIpc) is 3.10. The smallest absolute Gasteiger partial charge is 0.343 e. The number of carbonyl (C=O) groups is 3. The molecular formula is C25H16BrCl2NO5S. The van der Waals surface area contributed by atoms with Gasteiger partial charge in [0.15, 0.2) is 11.5 Å². The zero-order chi connectivity index (χ0) is 25.1. The van der Waals surface area contributed by atoms with Crippen molar-refractivity contribution < 1.29 is 23.9 Å². The molecule has 3 aromatic carbocycles. The molecule has 178 valence electrons. The van der Waals surface area contributed by atoms with Crippen molar-refractivity contribution >= 4 is 74.1 Å². The van der Waals surface area contributed by atoms with Gasteiger partial charge in [0.1, 0.15) is 0 Å². The van der Waals surface area contributed by atoms with Crippen LogP contribution in [0, 0.1) is 0 Å². The van der Waals surface area contributed by atoms with E-state index < -0.39 is 17.1 Å². The van der Waals surface area contributed by atoms with Gasteiger partial charge in [0.2, 0.25) is 0 Å². The Morgan fingerprint density at radius 2 is 1.74 bits per heavy atom. The highest BCUT2D eigenvalue weighted by Crippen LogP contribution is 2.40. The maximum Gasteiger partial charge on any atom is 0.343 e. The van der Waals surface area contributed by atoms with Crippen molar-refractivity contribution in [2.24, 2.45) is 0 Å². The van der Waals surface area contributed by atoms with Gasteiger partial charge in [-0.15, -0.1) is 0 Å². The van der Waals surface area contributed by atoms with E-state index in [1.165, 1.54) is 7.11 Å². The van der Waals surface area contributed by atoms with Gasteiger partial charge in [-0.2, -0.15) is 0 Å². The molecule has 4 rings (SSSR count). The summed E-state index contributed by atoms with van der Waals surface area (Å²) in [5.41, 5.74) is 1.45. The summed E-state index contributed by atoms with van der Waals surface area (Å²) in [6.07, 6.45) is 1.56. The van der Waals surface area contributed by atoms with E-state index in [0.29, 0.717) is 31.2 Å². The number of hydrogen-bond acceptors (Lipinski definition) is 6. The fourth-order valence-electron chi connectivity index (χ4n) is 3.28. The summed E-state index contributed by atoms with van der Waals surface area (Å²) in [5, 5.41) is 0.307. The van der Waals surface area contributed by atoms with E-state index in [1.807, 2.05) is 0 Å². The Labute approximate surface area is 223 Å². The van der Waals surface area contributed by atoms with Crippen molar-refractivity contribution in [1.82, 2.24) is 4.90 Å². The maximum absolute atomic E-state index is 13.0. The first-order chi connectivity index (χ1) is 16.8. The Kier molecular flexibility index (Phi) is 7.86. The van der Waals surface area contributed by atoms with Crippen LogP contribution in [0.2, 0.25) is 10.0 Å². The molecule has 1 heterocycles. The molecule has 0 saturated carbocycles. The number of amides is 2. The summed E-state index contributed by atoms with van der Waals surface area (Å²) in [5.74, 6) is -0.542. The molecule has 0 atom stereocenters. The SMILES string of the molecule is COc1cc(/C=C2\SC(=O)N(Cc3c(Cl)cccc3Cl)C2=O)cc(Br)c1OC(=O)c1ccccc1. The topological polar surface area (TPSA) is 72.9 Å². The van der Waals surface area contributed by atoms with Gasteiger partial charge in [0.25, 0.3) is 11.1 Å². The summed E-state index contributed by atoms with van der Waals surface area (Å²) in [6.45, 7) is -0.0398. The van der Waals surface area contributed by atoms with E-state index in [2.05, 4.69) is 15.9 Å². The maximum atomic E-state index is 13.0. The Hall–Kier alpha value is -2.78. The van der Waals surface area contributed by atoms with Crippen molar-refractivity contribution in [3.05, 3.63) is 96.8 Å². The fourth-order valence-corrected chi connectivity index (χ4v) is 5.17. The lowest BCUT2D eigenvalue weighted by Crippen LogP contribution is -2.27.